The normalized spacial score (nSPS) is 19.9. The summed E-state index contributed by atoms with van der Waals surface area (Å²) in [7, 11) is 0. The van der Waals surface area contributed by atoms with Gasteiger partial charge in [0.2, 0.25) is 11.8 Å². The van der Waals surface area contributed by atoms with Gasteiger partial charge < -0.3 is 9.80 Å². The SMILES string of the molecule is O=C1CC(C(=O)N2CCCc3ccccc32)CN1c1ccccc1Br. The van der Waals surface area contributed by atoms with E-state index in [-0.39, 0.29) is 24.2 Å². The van der Waals surface area contributed by atoms with Crippen molar-refractivity contribution in [2.45, 2.75) is 19.3 Å². The zero-order valence-corrected chi connectivity index (χ0v) is 15.4. The standard InChI is InChI=1S/C20H19BrN2O2/c21-16-8-2-4-10-18(16)23-13-15(12-19(23)24)20(25)22-11-5-7-14-6-1-3-9-17(14)22/h1-4,6,8-10,15H,5,7,11-13H2. The molecule has 1 saturated heterocycles. The number of carbonyl (C=O) groups is 2. The van der Waals surface area contributed by atoms with Gasteiger partial charge in [-0.15, -0.1) is 0 Å². The summed E-state index contributed by atoms with van der Waals surface area (Å²) in [4.78, 5) is 29.2. The Morgan fingerprint density at radius 1 is 1.04 bits per heavy atom. The van der Waals surface area contributed by atoms with Crippen molar-refractivity contribution in [3.63, 3.8) is 0 Å². The van der Waals surface area contributed by atoms with E-state index in [4.69, 9.17) is 0 Å². The van der Waals surface area contributed by atoms with Crippen LogP contribution in [-0.2, 0) is 16.0 Å². The van der Waals surface area contributed by atoms with E-state index in [2.05, 4.69) is 22.0 Å². The van der Waals surface area contributed by atoms with E-state index >= 15 is 0 Å². The lowest BCUT2D eigenvalue weighted by Crippen LogP contribution is -2.40. The Hall–Kier alpha value is -2.14. The average Bonchev–Trinajstić information content (AvgIpc) is 3.02. The van der Waals surface area contributed by atoms with Gasteiger partial charge in [0.05, 0.1) is 11.6 Å². The zero-order valence-electron chi connectivity index (χ0n) is 13.8. The molecule has 25 heavy (non-hydrogen) atoms. The largest absolute Gasteiger partial charge is 0.312 e. The van der Waals surface area contributed by atoms with Crippen molar-refractivity contribution in [1.29, 1.82) is 0 Å². The summed E-state index contributed by atoms with van der Waals surface area (Å²) in [5.41, 5.74) is 3.06. The predicted octanol–water partition coefficient (Wildman–Crippen LogP) is 3.78. The second kappa shape index (κ2) is 6.64. The van der Waals surface area contributed by atoms with Crippen molar-refractivity contribution in [1.82, 2.24) is 0 Å². The number of amides is 2. The first kappa shape index (κ1) is 16.3. The molecule has 2 aliphatic heterocycles. The minimum absolute atomic E-state index is 0.00976. The number of halogens is 1. The summed E-state index contributed by atoms with van der Waals surface area (Å²) in [5.74, 6) is -0.212. The molecule has 0 spiro atoms. The lowest BCUT2D eigenvalue weighted by Gasteiger charge is -2.31. The smallest absolute Gasteiger partial charge is 0.232 e. The van der Waals surface area contributed by atoms with Crippen LogP contribution in [0, 0.1) is 5.92 Å². The van der Waals surface area contributed by atoms with Gasteiger partial charge in [-0.2, -0.15) is 0 Å². The Labute approximate surface area is 155 Å². The predicted molar refractivity (Wildman–Crippen MR) is 102 cm³/mol. The van der Waals surface area contributed by atoms with E-state index in [0.29, 0.717) is 6.54 Å². The van der Waals surface area contributed by atoms with Crippen molar-refractivity contribution in [3.05, 3.63) is 58.6 Å². The lowest BCUT2D eigenvalue weighted by molar-refractivity contribution is -0.124. The molecule has 1 unspecified atom stereocenters. The molecule has 1 atom stereocenters. The van der Waals surface area contributed by atoms with Crippen molar-refractivity contribution in [2.24, 2.45) is 5.92 Å². The molecule has 0 radical (unpaired) electrons. The number of hydrogen-bond donors (Lipinski definition) is 0. The van der Waals surface area contributed by atoms with Crippen molar-refractivity contribution in [3.8, 4) is 0 Å². The highest BCUT2D eigenvalue weighted by molar-refractivity contribution is 9.10. The molecule has 4 nitrogen and oxygen atoms in total. The first-order chi connectivity index (χ1) is 12.1. The van der Waals surface area contributed by atoms with E-state index in [1.54, 1.807) is 4.90 Å². The van der Waals surface area contributed by atoms with E-state index in [0.717, 1.165) is 35.2 Å². The van der Waals surface area contributed by atoms with Crippen LogP contribution in [0.5, 0.6) is 0 Å². The van der Waals surface area contributed by atoms with Crippen molar-refractivity contribution in [2.75, 3.05) is 22.9 Å². The fraction of sp³-hybridized carbons (Fsp3) is 0.300. The highest BCUT2D eigenvalue weighted by atomic mass is 79.9. The maximum Gasteiger partial charge on any atom is 0.232 e. The third kappa shape index (κ3) is 2.97. The van der Waals surface area contributed by atoms with Crippen LogP contribution >= 0.6 is 15.9 Å². The molecule has 2 aromatic carbocycles. The summed E-state index contributed by atoms with van der Waals surface area (Å²) in [6.07, 6.45) is 2.25. The third-order valence-corrected chi connectivity index (χ3v) is 5.66. The van der Waals surface area contributed by atoms with Crippen LogP contribution in [0.2, 0.25) is 0 Å². The van der Waals surface area contributed by atoms with Gasteiger partial charge in [0.1, 0.15) is 0 Å². The van der Waals surface area contributed by atoms with Gasteiger partial charge in [0.25, 0.3) is 0 Å². The lowest BCUT2D eigenvalue weighted by atomic mass is 9.99. The van der Waals surface area contributed by atoms with Gasteiger partial charge in [-0.3, -0.25) is 9.59 Å². The quantitative estimate of drug-likeness (QED) is 0.771. The Kier molecular flexibility index (Phi) is 4.34. The number of rotatable bonds is 2. The van der Waals surface area contributed by atoms with Gasteiger partial charge in [0.15, 0.2) is 0 Å². The highest BCUT2D eigenvalue weighted by Crippen LogP contribution is 2.34. The second-order valence-electron chi connectivity index (χ2n) is 6.58. The summed E-state index contributed by atoms with van der Waals surface area (Å²) >= 11 is 3.50. The van der Waals surface area contributed by atoms with Crippen LogP contribution in [0.25, 0.3) is 0 Å². The van der Waals surface area contributed by atoms with Crippen LogP contribution in [0.15, 0.2) is 53.0 Å². The maximum atomic E-state index is 13.1. The molecular formula is C20H19BrN2O2. The summed E-state index contributed by atoms with van der Waals surface area (Å²) in [6, 6.07) is 15.7. The molecule has 1 fully saturated rings. The van der Waals surface area contributed by atoms with Gasteiger partial charge in [0, 0.05) is 29.7 Å². The number of nitrogens with zero attached hydrogens (tertiary/aromatic N) is 2. The van der Waals surface area contributed by atoms with Crippen LogP contribution in [0.4, 0.5) is 11.4 Å². The van der Waals surface area contributed by atoms with E-state index in [9.17, 15) is 9.59 Å². The first-order valence-corrected chi connectivity index (χ1v) is 9.38. The number of aryl methyl sites for hydroxylation is 1. The number of carbonyl (C=O) groups excluding carboxylic acids is 2. The molecule has 2 aliphatic rings. The van der Waals surface area contributed by atoms with E-state index in [1.165, 1.54) is 5.56 Å². The maximum absolute atomic E-state index is 13.1. The fourth-order valence-corrected chi connectivity index (χ4v) is 4.26. The third-order valence-electron chi connectivity index (χ3n) is 4.99. The van der Waals surface area contributed by atoms with Crippen LogP contribution in [-0.4, -0.2) is 24.9 Å². The number of fused-ring (bicyclic) bond motifs is 1. The molecule has 4 rings (SSSR count). The molecule has 2 amide bonds. The molecule has 0 bridgehead atoms. The van der Waals surface area contributed by atoms with Crippen LogP contribution in [0.3, 0.4) is 0 Å². The molecule has 0 N–H and O–H groups in total. The van der Waals surface area contributed by atoms with Gasteiger partial charge in [-0.05, 0) is 52.5 Å². The number of benzene rings is 2. The van der Waals surface area contributed by atoms with Gasteiger partial charge in [-0.1, -0.05) is 30.3 Å². The van der Waals surface area contributed by atoms with Crippen LogP contribution in [0.1, 0.15) is 18.4 Å². The molecule has 0 aromatic heterocycles. The summed E-state index contributed by atoms with van der Waals surface area (Å²) < 4.78 is 0.875. The minimum Gasteiger partial charge on any atom is -0.312 e. The van der Waals surface area contributed by atoms with Gasteiger partial charge >= 0.3 is 0 Å². The monoisotopic (exact) mass is 398 g/mol. The number of hydrogen-bond acceptors (Lipinski definition) is 2. The molecule has 128 valence electrons. The molecular weight excluding hydrogens is 380 g/mol. The summed E-state index contributed by atoms with van der Waals surface area (Å²) in [6.45, 7) is 1.18. The topological polar surface area (TPSA) is 40.6 Å². The minimum atomic E-state index is -0.286. The van der Waals surface area contributed by atoms with Crippen molar-refractivity contribution >= 4 is 39.1 Å². The first-order valence-electron chi connectivity index (χ1n) is 8.59. The molecule has 2 aromatic rings. The fourth-order valence-electron chi connectivity index (χ4n) is 3.76. The molecule has 2 heterocycles. The Bertz CT molecular complexity index is 836. The number of para-hydroxylation sites is 2. The molecule has 0 saturated carbocycles. The Morgan fingerprint density at radius 2 is 1.76 bits per heavy atom. The second-order valence-corrected chi connectivity index (χ2v) is 7.43. The molecule has 0 aliphatic carbocycles. The van der Waals surface area contributed by atoms with E-state index in [1.807, 2.05) is 47.4 Å². The summed E-state index contributed by atoms with van der Waals surface area (Å²) in [5, 5.41) is 0. The molecule has 5 heteroatoms. The van der Waals surface area contributed by atoms with Crippen LogP contribution < -0.4 is 9.80 Å². The average molecular weight is 399 g/mol. The van der Waals surface area contributed by atoms with Crippen molar-refractivity contribution < 1.29 is 9.59 Å². The van der Waals surface area contributed by atoms with Gasteiger partial charge in [-0.25, -0.2) is 0 Å². The Balaban J connectivity index is 1.57. The number of anilines is 2. The van der Waals surface area contributed by atoms with E-state index < -0.39 is 0 Å². The zero-order chi connectivity index (χ0) is 17.4. The highest BCUT2D eigenvalue weighted by Gasteiger charge is 2.38. The Morgan fingerprint density at radius 3 is 2.56 bits per heavy atom.